The fourth-order valence-corrected chi connectivity index (χ4v) is 3.61. The van der Waals surface area contributed by atoms with Gasteiger partial charge in [0, 0.05) is 31.0 Å². The predicted octanol–water partition coefficient (Wildman–Crippen LogP) is 1.53. The zero-order valence-electron chi connectivity index (χ0n) is 14.5. The lowest BCUT2D eigenvalue weighted by atomic mass is 9.96. The van der Waals surface area contributed by atoms with Crippen molar-refractivity contribution in [3.05, 3.63) is 24.3 Å². The number of nitrogens with zero attached hydrogens (tertiary/aromatic N) is 4. The van der Waals surface area contributed by atoms with Crippen LogP contribution < -0.4 is 5.32 Å². The molecule has 25 heavy (non-hydrogen) atoms. The lowest BCUT2D eigenvalue weighted by Gasteiger charge is -2.30. The second-order valence-corrected chi connectivity index (χ2v) is 7.37. The molecule has 2 amide bonds. The predicted molar refractivity (Wildman–Crippen MR) is 91.6 cm³/mol. The van der Waals surface area contributed by atoms with Crippen molar-refractivity contribution in [1.29, 1.82) is 0 Å². The largest absolute Gasteiger partial charge is 0.349 e. The molecule has 3 fully saturated rings. The fraction of sp³-hybridized carbons (Fsp3) is 0.667. The van der Waals surface area contributed by atoms with Crippen LogP contribution in [-0.2, 0) is 16.1 Å². The zero-order chi connectivity index (χ0) is 17.4. The molecule has 2 aliphatic carbocycles. The quantitative estimate of drug-likeness (QED) is 0.795. The Hall–Kier alpha value is -2.18. The van der Waals surface area contributed by atoms with E-state index in [1.54, 1.807) is 4.90 Å². The molecule has 0 bridgehead atoms. The number of carbonyl (C=O) groups excluding carboxylic acids is 2. The van der Waals surface area contributed by atoms with Crippen molar-refractivity contribution in [3.63, 3.8) is 0 Å². The highest BCUT2D eigenvalue weighted by atomic mass is 16.2. The Kier molecular flexibility index (Phi) is 4.31. The summed E-state index contributed by atoms with van der Waals surface area (Å²) >= 11 is 0. The summed E-state index contributed by atoms with van der Waals surface area (Å²) in [5, 5.41) is 11.7. The Balaban J connectivity index is 1.32. The molecule has 2 heterocycles. The van der Waals surface area contributed by atoms with E-state index in [9.17, 15) is 9.59 Å². The van der Waals surface area contributed by atoms with Crippen LogP contribution in [0.1, 0.15) is 62.1 Å². The molecular formula is C18H25N5O2. The van der Waals surface area contributed by atoms with Crippen molar-refractivity contribution in [2.75, 3.05) is 13.1 Å². The molecule has 0 spiro atoms. The summed E-state index contributed by atoms with van der Waals surface area (Å²) in [6.45, 7) is 5.19. The van der Waals surface area contributed by atoms with Crippen LogP contribution in [0.2, 0.25) is 0 Å². The number of piperidine rings is 1. The molecule has 1 N–H and O–H groups in total. The van der Waals surface area contributed by atoms with Gasteiger partial charge in [0.25, 0.3) is 0 Å². The van der Waals surface area contributed by atoms with E-state index in [1.807, 2.05) is 0 Å². The minimum atomic E-state index is -0.0519. The number of likely N-dealkylation sites (tertiary alicyclic amines) is 1. The van der Waals surface area contributed by atoms with E-state index in [-0.39, 0.29) is 17.7 Å². The maximum Gasteiger partial charge on any atom is 0.245 e. The molecular weight excluding hydrogens is 318 g/mol. The van der Waals surface area contributed by atoms with Crippen molar-refractivity contribution in [2.45, 2.75) is 57.0 Å². The van der Waals surface area contributed by atoms with Crippen LogP contribution in [-0.4, -0.2) is 44.6 Å². The zero-order valence-corrected chi connectivity index (χ0v) is 14.5. The smallest absolute Gasteiger partial charge is 0.245 e. The molecule has 3 aliphatic rings. The highest BCUT2D eigenvalue weighted by Crippen LogP contribution is 2.44. The lowest BCUT2D eigenvalue weighted by Crippen LogP contribution is -2.42. The van der Waals surface area contributed by atoms with Crippen LogP contribution in [0.4, 0.5) is 0 Å². The van der Waals surface area contributed by atoms with E-state index in [1.165, 1.54) is 31.8 Å². The van der Waals surface area contributed by atoms with Gasteiger partial charge >= 0.3 is 0 Å². The average molecular weight is 343 g/mol. The first-order chi connectivity index (χ1) is 12.2. The van der Waals surface area contributed by atoms with E-state index in [0.717, 1.165) is 11.6 Å². The van der Waals surface area contributed by atoms with Crippen LogP contribution >= 0.6 is 0 Å². The van der Waals surface area contributed by atoms with E-state index >= 15 is 0 Å². The number of nitrogens with one attached hydrogen (secondary N) is 1. The van der Waals surface area contributed by atoms with Gasteiger partial charge in [0.05, 0.1) is 6.54 Å². The molecule has 1 saturated heterocycles. The minimum absolute atomic E-state index is 0.0333. The van der Waals surface area contributed by atoms with Crippen molar-refractivity contribution in [3.8, 4) is 0 Å². The summed E-state index contributed by atoms with van der Waals surface area (Å²) in [5.41, 5.74) is 0. The Labute approximate surface area is 147 Å². The van der Waals surface area contributed by atoms with E-state index in [4.69, 9.17) is 0 Å². The second kappa shape index (κ2) is 6.61. The van der Waals surface area contributed by atoms with Crippen LogP contribution in [0, 0.1) is 5.92 Å². The Bertz CT molecular complexity index is 682. The lowest BCUT2D eigenvalue weighted by molar-refractivity contribution is -0.132. The first kappa shape index (κ1) is 16.3. The third-order valence-electron chi connectivity index (χ3n) is 5.42. The molecule has 1 aromatic heterocycles. The third-order valence-corrected chi connectivity index (χ3v) is 5.42. The minimum Gasteiger partial charge on any atom is -0.349 e. The number of hydrogen-bond donors (Lipinski definition) is 1. The highest BCUT2D eigenvalue weighted by molar-refractivity contribution is 5.87. The second-order valence-electron chi connectivity index (χ2n) is 7.37. The van der Waals surface area contributed by atoms with Crippen LogP contribution in [0.5, 0.6) is 0 Å². The van der Waals surface area contributed by atoms with Gasteiger partial charge < -0.3 is 14.8 Å². The van der Waals surface area contributed by atoms with Gasteiger partial charge in [0.15, 0.2) is 5.82 Å². The Morgan fingerprint density at radius 1 is 1.12 bits per heavy atom. The summed E-state index contributed by atoms with van der Waals surface area (Å²) in [7, 11) is 0. The average Bonchev–Trinajstić information content (AvgIpc) is 3.57. The highest BCUT2D eigenvalue weighted by Gasteiger charge is 2.36. The molecule has 1 aromatic rings. The van der Waals surface area contributed by atoms with Gasteiger partial charge in [-0.1, -0.05) is 6.58 Å². The van der Waals surface area contributed by atoms with Gasteiger partial charge in [0.2, 0.25) is 11.8 Å². The SMILES string of the molecule is C=CC(=O)N1CCC(C(=O)NCc2nnc(C3CC3)n2C2CC2)CC1. The fourth-order valence-electron chi connectivity index (χ4n) is 3.61. The Morgan fingerprint density at radius 3 is 2.44 bits per heavy atom. The van der Waals surface area contributed by atoms with Gasteiger partial charge in [-0.15, -0.1) is 10.2 Å². The normalized spacial score (nSPS) is 21.2. The van der Waals surface area contributed by atoms with Crippen molar-refractivity contribution < 1.29 is 9.59 Å². The summed E-state index contributed by atoms with van der Waals surface area (Å²) < 4.78 is 2.27. The first-order valence-electron chi connectivity index (χ1n) is 9.30. The maximum absolute atomic E-state index is 12.5. The van der Waals surface area contributed by atoms with Gasteiger partial charge in [0.1, 0.15) is 5.82 Å². The standard InChI is InChI=1S/C18H25N5O2/c1-2-16(24)22-9-7-13(8-10-22)18(25)19-11-15-20-21-17(12-3-4-12)23(15)14-5-6-14/h2,12-14H,1,3-11H2,(H,19,25). The topological polar surface area (TPSA) is 80.1 Å². The summed E-state index contributed by atoms with van der Waals surface area (Å²) in [4.78, 5) is 25.8. The third kappa shape index (κ3) is 3.45. The van der Waals surface area contributed by atoms with Crippen molar-refractivity contribution in [1.82, 2.24) is 25.0 Å². The molecule has 134 valence electrons. The number of amides is 2. The molecule has 4 rings (SSSR count). The van der Waals surface area contributed by atoms with Gasteiger partial charge in [-0.2, -0.15) is 0 Å². The first-order valence-corrected chi connectivity index (χ1v) is 9.30. The van der Waals surface area contributed by atoms with Gasteiger partial charge in [-0.3, -0.25) is 9.59 Å². The molecule has 0 aromatic carbocycles. The van der Waals surface area contributed by atoms with Gasteiger partial charge in [-0.05, 0) is 44.6 Å². The van der Waals surface area contributed by atoms with Crippen molar-refractivity contribution in [2.24, 2.45) is 5.92 Å². The van der Waals surface area contributed by atoms with E-state index in [0.29, 0.717) is 44.4 Å². The van der Waals surface area contributed by atoms with Crippen molar-refractivity contribution >= 4 is 11.8 Å². The molecule has 0 atom stereocenters. The van der Waals surface area contributed by atoms with Crippen LogP contribution in [0.3, 0.4) is 0 Å². The maximum atomic E-state index is 12.5. The van der Waals surface area contributed by atoms with Gasteiger partial charge in [-0.25, -0.2) is 0 Å². The Morgan fingerprint density at radius 2 is 1.84 bits per heavy atom. The summed E-state index contributed by atoms with van der Waals surface area (Å²) in [6.07, 6.45) is 7.53. The summed E-state index contributed by atoms with van der Waals surface area (Å²) in [5.74, 6) is 2.55. The van der Waals surface area contributed by atoms with E-state index in [2.05, 4.69) is 26.7 Å². The summed E-state index contributed by atoms with van der Waals surface area (Å²) in [6, 6.07) is 0.533. The number of hydrogen-bond acceptors (Lipinski definition) is 4. The number of carbonyl (C=O) groups is 2. The molecule has 0 radical (unpaired) electrons. The van der Waals surface area contributed by atoms with Crippen LogP contribution in [0.15, 0.2) is 12.7 Å². The number of rotatable bonds is 6. The molecule has 7 heteroatoms. The molecule has 1 aliphatic heterocycles. The molecule has 7 nitrogen and oxygen atoms in total. The monoisotopic (exact) mass is 343 g/mol. The molecule has 2 saturated carbocycles. The molecule has 0 unspecified atom stereocenters. The van der Waals surface area contributed by atoms with E-state index < -0.39 is 0 Å². The number of aromatic nitrogens is 3. The van der Waals surface area contributed by atoms with Crippen LogP contribution in [0.25, 0.3) is 0 Å².